The Morgan fingerprint density at radius 3 is 3.06 bits per heavy atom. The molecule has 0 spiro atoms. The third-order valence-corrected chi connectivity index (χ3v) is 3.96. The summed E-state index contributed by atoms with van der Waals surface area (Å²) in [6, 6.07) is 0. The SMILES string of the molecule is C/C=C/C1(N)C(=O)N2C(C(=O)O)=CCS[C@H]21. The summed E-state index contributed by atoms with van der Waals surface area (Å²) in [7, 11) is 0. The smallest absolute Gasteiger partial charge is 0.352 e. The number of amides is 1. The molecule has 0 aromatic carbocycles. The molecule has 0 bridgehead atoms. The molecule has 2 rings (SSSR count). The third-order valence-electron chi connectivity index (χ3n) is 2.68. The number of carboxylic acid groups (broad SMARTS) is 1. The number of hydrogen-bond donors (Lipinski definition) is 2. The first-order valence-electron chi connectivity index (χ1n) is 4.84. The first-order valence-corrected chi connectivity index (χ1v) is 5.88. The maximum atomic E-state index is 11.9. The number of carbonyl (C=O) groups is 2. The molecule has 0 saturated carbocycles. The van der Waals surface area contributed by atoms with Crippen molar-refractivity contribution < 1.29 is 14.7 Å². The molecule has 0 aromatic heterocycles. The highest BCUT2D eigenvalue weighted by Crippen LogP contribution is 2.43. The van der Waals surface area contributed by atoms with Gasteiger partial charge in [-0.05, 0) is 13.0 Å². The van der Waals surface area contributed by atoms with E-state index >= 15 is 0 Å². The first kappa shape index (κ1) is 11.2. The second-order valence-electron chi connectivity index (χ2n) is 3.69. The fraction of sp³-hybridized carbons (Fsp3) is 0.400. The van der Waals surface area contributed by atoms with Crippen LogP contribution in [-0.4, -0.2) is 38.5 Å². The van der Waals surface area contributed by atoms with Crippen molar-refractivity contribution in [2.24, 2.45) is 5.73 Å². The first-order chi connectivity index (χ1) is 7.52. The molecule has 2 atom stereocenters. The summed E-state index contributed by atoms with van der Waals surface area (Å²) in [6.07, 6.45) is 4.89. The van der Waals surface area contributed by atoms with Crippen LogP contribution in [0.25, 0.3) is 0 Å². The molecule has 16 heavy (non-hydrogen) atoms. The average molecular weight is 240 g/mol. The Labute approximate surface area is 97.0 Å². The third kappa shape index (κ3) is 1.30. The number of aliphatic carboxylic acids is 1. The Bertz CT molecular complexity index is 418. The lowest BCUT2D eigenvalue weighted by atomic mass is 9.87. The van der Waals surface area contributed by atoms with Crippen molar-refractivity contribution in [1.82, 2.24) is 4.90 Å². The average Bonchev–Trinajstić information content (AvgIpc) is 2.27. The maximum absolute atomic E-state index is 11.9. The van der Waals surface area contributed by atoms with Crippen LogP contribution in [0.5, 0.6) is 0 Å². The molecule has 0 radical (unpaired) electrons. The fourth-order valence-electron chi connectivity index (χ4n) is 1.95. The molecule has 0 aliphatic carbocycles. The van der Waals surface area contributed by atoms with Gasteiger partial charge in [-0.2, -0.15) is 0 Å². The van der Waals surface area contributed by atoms with Crippen LogP contribution in [0, 0.1) is 0 Å². The van der Waals surface area contributed by atoms with E-state index in [0.29, 0.717) is 5.75 Å². The number of thioether (sulfide) groups is 1. The predicted octanol–water partition coefficient (Wildman–Crippen LogP) is 0.144. The summed E-state index contributed by atoms with van der Waals surface area (Å²) in [5, 5.41) is 8.65. The van der Waals surface area contributed by atoms with Crippen LogP contribution in [0.3, 0.4) is 0 Å². The van der Waals surface area contributed by atoms with Crippen LogP contribution in [-0.2, 0) is 9.59 Å². The molecule has 6 heteroatoms. The van der Waals surface area contributed by atoms with Crippen molar-refractivity contribution >= 4 is 23.6 Å². The van der Waals surface area contributed by atoms with Crippen molar-refractivity contribution in [2.75, 3.05) is 5.75 Å². The zero-order valence-corrected chi connectivity index (χ0v) is 9.53. The molecule has 3 N–H and O–H groups in total. The number of allylic oxidation sites excluding steroid dienone is 1. The minimum atomic E-state index is -1.08. The van der Waals surface area contributed by atoms with Gasteiger partial charge >= 0.3 is 5.97 Å². The molecule has 2 heterocycles. The summed E-state index contributed by atoms with van der Waals surface area (Å²) in [6.45, 7) is 1.78. The summed E-state index contributed by atoms with van der Waals surface area (Å²) in [4.78, 5) is 24.0. The van der Waals surface area contributed by atoms with Gasteiger partial charge in [0.05, 0.1) is 0 Å². The van der Waals surface area contributed by atoms with Gasteiger partial charge in [-0.3, -0.25) is 9.69 Å². The number of nitrogens with two attached hydrogens (primary N) is 1. The van der Waals surface area contributed by atoms with Crippen molar-refractivity contribution in [1.29, 1.82) is 0 Å². The van der Waals surface area contributed by atoms with Gasteiger partial charge in [-0.15, -0.1) is 11.8 Å². The largest absolute Gasteiger partial charge is 0.477 e. The lowest BCUT2D eigenvalue weighted by Gasteiger charge is -2.53. The molecule has 1 saturated heterocycles. The van der Waals surface area contributed by atoms with Gasteiger partial charge in [0.2, 0.25) is 0 Å². The lowest BCUT2D eigenvalue weighted by Crippen LogP contribution is -2.76. The van der Waals surface area contributed by atoms with E-state index in [4.69, 9.17) is 10.8 Å². The van der Waals surface area contributed by atoms with E-state index in [1.807, 2.05) is 0 Å². The van der Waals surface area contributed by atoms with Crippen LogP contribution in [0.1, 0.15) is 6.92 Å². The van der Waals surface area contributed by atoms with Crippen molar-refractivity contribution in [3.63, 3.8) is 0 Å². The number of β-lactam (4-membered cyclic amide) rings is 1. The zero-order chi connectivity index (χ0) is 11.9. The normalized spacial score (nSPS) is 33.4. The number of rotatable bonds is 2. The number of hydrogen-bond acceptors (Lipinski definition) is 4. The highest BCUT2D eigenvalue weighted by Gasteiger charge is 2.60. The van der Waals surface area contributed by atoms with E-state index in [9.17, 15) is 9.59 Å². The van der Waals surface area contributed by atoms with Crippen LogP contribution in [0.15, 0.2) is 23.9 Å². The molecule has 2 aliphatic rings. The van der Waals surface area contributed by atoms with Gasteiger partial charge in [0.25, 0.3) is 5.91 Å². The van der Waals surface area contributed by atoms with Gasteiger partial charge in [0.1, 0.15) is 16.6 Å². The topological polar surface area (TPSA) is 83.6 Å². The quantitative estimate of drug-likeness (QED) is 0.530. The summed E-state index contributed by atoms with van der Waals surface area (Å²) >= 11 is 1.47. The van der Waals surface area contributed by atoms with E-state index < -0.39 is 11.5 Å². The predicted molar refractivity (Wildman–Crippen MR) is 60.5 cm³/mol. The monoisotopic (exact) mass is 240 g/mol. The Kier molecular flexibility index (Phi) is 2.55. The second-order valence-corrected chi connectivity index (χ2v) is 4.80. The molecular formula is C10H12N2O3S. The van der Waals surface area contributed by atoms with E-state index in [0.717, 1.165) is 0 Å². The van der Waals surface area contributed by atoms with Crippen LogP contribution >= 0.6 is 11.8 Å². The number of carboxylic acids is 1. The Morgan fingerprint density at radius 1 is 1.81 bits per heavy atom. The van der Waals surface area contributed by atoms with Gasteiger partial charge in [0, 0.05) is 5.75 Å². The van der Waals surface area contributed by atoms with E-state index in [2.05, 4.69) is 0 Å². The lowest BCUT2D eigenvalue weighted by molar-refractivity contribution is -0.151. The highest BCUT2D eigenvalue weighted by molar-refractivity contribution is 8.00. The van der Waals surface area contributed by atoms with Gasteiger partial charge in [0.15, 0.2) is 0 Å². The fourth-order valence-corrected chi connectivity index (χ4v) is 3.20. The van der Waals surface area contributed by atoms with Crippen LogP contribution in [0.4, 0.5) is 0 Å². The molecule has 86 valence electrons. The Morgan fingerprint density at radius 2 is 2.50 bits per heavy atom. The standard InChI is InChI=1S/C10H12N2O3S/c1-2-4-10(11)8(15)12-6(7(13)14)3-5-16-9(10)12/h2-4,9H,5,11H2,1H3,(H,13,14)/b4-2+/t9-,10?/m0/s1. The number of fused-ring (bicyclic) bond motifs is 1. The summed E-state index contributed by atoms with van der Waals surface area (Å²) in [5.74, 6) is -0.871. The Balaban J connectivity index is 2.32. The van der Waals surface area contributed by atoms with Crippen LogP contribution in [0.2, 0.25) is 0 Å². The molecular weight excluding hydrogens is 228 g/mol. The molecule has 2 aliphatic heterocycles. The minimum Gasteiger partial charge on any atom is -0.477 e. The molecule has 1 amide bonds. The van der Waals surface area contributed by atoms with Crippen molar-refractivity contribution in [3.8, 4) is 0 Å². The zero-order valence-electron chi connectivity index (χ0n) is 8.71. The highest BCUT2D eigenvalue weighted by atomic mass is 32.2. The molecule has 5 nitrogen and oxygen atoms in total. The van der Waals surface area contributed by atoms with Gasteiger partial charge < -0.3 is 10.8 Å². The van der Waals surface area contributed by atoms with E-state index in [1.165, 1.54) is 22.7 Å². The maximum Gasteiger partial charge on any atom is 0.352 e. The van der Waals surface area contributed by atoms with Crippen molar-refractivity contribution in [2.45, 2.75) is 17.8 Å². The second kappa shape index (κ2) is 3.64. The minimum absolute atomic E-state index is 0.0410. The molecule has 1 fully saturated rings. The summed E-state index contributed by atoms with van der Waals surface area (Å²) in [5.41, 5.74) is 4.95. The molecule has 1 unspecified atom stereocenters. The van der Waals surface area contributed by atoms with E-state index in [-0.39, 0.29) is 17.0 Å². The summed E-state index contributed by atoms with van der Waals surface area (Å²) < 4.78 is 0. The number of nitrogens with zero attached hydrogens (tertiary/aromatic N) is 1. The van der Waals surface area contributed by atoms with Gasteiger partial charge in [-0.25, -0.2) is 4.79 Å². The molecule has 0 aromatic rings. The Hall–Kier alpha value is -1.27. The van der Waals surface area contributed by atoms with Crippen LogP contribution < -0.4 is 5.73 Å². The van der Waals surface area contributed by atoms with Gasteiger partial charge in [-0.1, -0.05) is 12.2 Å². The van der Waals surface area contributed by atoms with Crippen molar-refractivity contribution in [3.05, 3.63) is 23.9 Å². The number of carbonyl (C=O) groups excluding carboxylic acids is 1. The van der Waals surface area contributed by atoms with E-state index in [1.54, 1.807) is 19.1 Å².